The summed E-state index contributed by atoms with van der Waals surface area (Å²) in [6.07, 6.45) is -0.0430. The number of rotatable bonds is 16. The zero-order chi connectivity index (χ0) is 36.4. The fourth-order valence-electron chi connectivity index (χ4n) is 6.19. The Kier molecular flexibility index (Phi) is 11.7. The molecule has 0 fully saturated rings. The molecule has 5 aromatic carbocycles. The molecular weight excluding hydrogens is 677 g/mol. The second-order valence-electron chi connectivity index (χ2n) is 12.5. The van der Waals surface area contributed by atoms with Gasteiger partial charge in [-0.15, -0.1) is 0 Å². The van der Waals surface area contributed by atoms with E-state index in [0.29, 0.717) is 42.1 Å². The van der Waals surface area contributed by atoms with Crippen LogP contribution in [-0.2, 0) is 25.8 Å². The third kappa shape index (κ3) is 8.53. The van der Waals surface area contributed by atoms with E-state index in [1.165, 1.54) is 0 Å². The van der Waals surface area contributed by atoms with E-state index in [-0.39, 0.29) is 36.1 Å². The summed E-state index contributed by atoms with van der Waals surface area (Å²) in [7, 11) is -2.19. The first-order chi connectivity index (χ1) is 25.3. The highest BCUT2D eigenvalue weighted by Gasteiger charge is 2.53. The standard InChI is InChI=1S/C42H42N2O7S/c1-49-37-13-8-10-31(30-37)24-26-43-41(46)42(25-29-52(47,48)38-14-6-3-7-15-38)39(34-18-16-33(17-19-34)32-11-4-2-5-12-32)51-40(44-42)35-20-22-36(23-21-35)50-28-9-27-45/h2-8,10-23,30,39,45H,9,24-29H2,1H3,(H,43,46)/t39-,42-/m1/s1. The van der Waals surface area contributed by atoms with Crippen molar-refractivity contribution in [3.05, 3.63) is 150 Å². The van der Waals surface area contributed by atoms with Crippen LogP contribution in [-0.4, -0.2) is 63.5 Å². The molecule has 0 aliphatic carbocycles. The van der Waals surface area contributed by atoms with Crippen LogP contribution >= 0.6 is 0 Å². The van der Waals surface area contributed by atoms with Crippen LogP contribution in [0.15, 0.2) is 143 Å². The molecule has 0 unspecified atom stereocenters. The van der Waals surface area contributed by atoms with Gasteiger partial charge in [0.15, 0.2) is 21.5 Å². The molecule has 0 saturated heterocycles. The van der Waals surface area contributed by atoms with Gasteiger partial charge in [0, 0.05) is 31.6 Å². The first-order valence-corrected chi connectivity index (χ1v) is 18.9. The average molecular weight is 719 g/mol. The minimum Gasteiger partial charge on any atom is -0.497 e. The van der Waals surface area contributed by atoms with Crippen LogP contribution in [0.4, 0.5) is 0 Å². The van der Waals surface area contributed by atoms with E-state index in [1.54, 1.807) is 61.7 Å². The maximum absolute atomic E-state index is 14.6. The van der Waals surface area contributed by atoms with Gasteiger partial charge in [-0.1, -0.05) is 84.9 Å². The smallest absolute Gasteiger partial charge is 0.252 e. The summed E-state index contributed by atoms with van der Waals surface area (Å²) in [6, 6.07) is 40.7. The maximum Gasteiger partial charge on any atom is 0.252 e. The number of ether oxygens (including phenoxy) is 3. The molecule has 0 saturated carbocycles. The minimum atomic E-state index is -3.79. The van der Waals surface area contributed by atoms with Crippen molar-refractivity contribution < 1.29 is 32.5 Å². The fraction of sp³-hybridized carbons (Fsp3) is 0.238. The molecule has 5 aromatic rings. The number of aliphatic hydroxyl groups is 1. The summed E-state index contributed by atoms with van der Waals surface area (Å²) in [6.45, 7) is 0.674. The Morgan fingerprint density at radius 2 is 1.50 bits per heavy atom. The largest absolute Gasteiger partial charge is 0.497 e. The summed E-state index contributed by atoms with van der Waals surface area (Å²) in [5, 5.41) is 12.2. The van der Waals surface area contributed by atoms with Gasteiger partial charge in [0.05, 0.1) is 24.4 Å². The third-order valence-electron chi connectivity index (χ3n) is 9.04. The number of benzene rings is 5. The Morgan fingerprint density at radius 3 is 2.19 bits per heavy atom. The summed E-state index contributed by atoms with van der Waals surface area (Å²) < 4.78 is 45.1. The van der Waals surface area contributed by atoms with Gasteiger partial charge in [0.1, 0.15) is 11.5 Å². The molecular formula is C42H42N2O7S. The van der Waals surface area contributed by atoms with Crippen molar-refractivity contribution in [2.75, 3.05) is 32.6 Å². The zero-order valence-electron chi connectivity index (χ0n) is 29.0. The molecule has 0 radical (unpaired) electrons. The SMILES string of the molecule is COc1cccc(CCNC(=O)[C@]2(CCS(=O)(=O)c3ccccc3)N=C(c3ccc(OCCCO)cc3)O[C@@H]2c2ccc(-c3ccccc3)cc2)c1. The van der Waals surface area contributed by atoms with Crippen molar-refractivity contribution in [3.8, 4) is 22.6 Å². The first kappa shape index (κ1) is 36.3. The number of amides is 1. The monoisotopic (exact) mass is 718 g/mol. The highest BCUT2D eigenvalue weighted by molar-refractivity contribution is 7.91. The lowest BCUT2D eigenvalue weighted by atomic mass is 9.84. The first-order valence-electron chi connectivity index (χ1n) is 17.3. The lowest BCUT2D eigenvalue weighted by Gasteiger charge is -2.30. The summed E-state index contributed by atoms with van der Waals surface area (Å²) >= 11 is 0. The Balaban J connectivity index is 1.37. The number of carbonyl (C=O) groups is 1. The molecule has 0 bridgehead atoms. The van der Waals surface area contributed by atoms with Crippen molar-refractivity contribution in [2.45, 2.75) is 35.8 Å². The average Bonchev–Trinajstić information content (AvgIpc) is 3.59. The molecule has 2 atom stereocenters. The Hall–Kier alpha value is -5.45. The van der Waals surface area contributed by atoms with Gasteiger partial charge >= 0.3 is 0 Å². The van der Waals surface area contributed by atoms with E-state index in [4.69, 9.17) is 24.3 Å². The number of sulfone groups is 1. The molecule has 0 aromatic heterocycles. The lowest BCUT2D eigenvalue weighted by molar-refractivity contribution is -0.129. The quantitative estimate of drug-likeness (QED) is 0.110. The molecule has 1 aliphatic rings. The number of hydrogen-bond donors (Lipinski definition) is 2. The second kappa shape index (κ2) is 16.7. The van der Waals surface area contributed by atoms with E-state index < -0.39 is 27.4 Å². The summed E-state index contributed by atoms with van der Waals surface area (Å²) in [4.78, 5) is 19.8. The topological polar surface area (TPSA) is 124 Å². The van der Waals surface area contributed by atoms with Crippen molar-refractivity contribution in [2.24, 2.45) is 4.99 Å². The molecule has 268 valence electrons. The van der Waals surface area contributed by atoms with Crippen molar-refractivity contribution in [3.63, 3.8) is 0 Å². The summed E-state index contributed by atoms with van der Waals surface area (Å²) in [5.41, 5.74) is 2.66. The zero-order valence-corrected chi connectivity index (χ0v) is 29.8. The molecule has 0 spiro atoms. The molecule has 52 heavy (non-hydrogen) atoms. The van der Waals surface area contributed by atoms with Crippen LogP contribution < -0.4 is 14.8 Å². The van der Waals surface area contributed by atoms with Gasteiger partial charge < -0.3 is 24.6 Å². The highest BCUT2D eigenvalue weighted by Crippen LogP contribution is 2.43. The Labute approximate surface area is 304 Å². The number of methoxy groups -OCH3 is 1. The van der Waals surface area contributed by atoms with E-state index in [0.717, 1.165) is 16.7 Å². The predicted octanol–water partition coefficient (Wildman–Crippen LogP) is 6.60. The van der Waals surface area contributed by atoms with Crippen molar-refractivity contribution in [1.82, 2.24) is 5.32 Å². The van der Waals surface area contributed by atoms with Gasteiger partial charge in [0.2, 0.25) is 5.90 Å². The molecule has 9 nitrogen and oxygen atoms in total. The van der Waals surface area contributed by atoms with Gasteiger partial charge in [-0.25, -0.2) is 13.4 Å². The highest BCUT2D eigenvalue weighted by atomic mass is 32.2. The van der Waals surface area contributed by atoms with Crippen LogP contribution in [0, 0.1) is 0 Å². The van der Waals surface area contributed by atoms with Crippen LogP contribution in [0.1, 0.15) is 35.6 Å². The number of aliphatic imine (C=N–C) groups is 1. The van der Waals surface area contributed by atoms with E-state index >= 15 is 0 Å². The number of carbonyl (C=O) groups excluding carboxylic acids is 1. The van der Waals surface area contributed by atoms with Gasteiger partial charge in [-0.05, 0) is 77.2 Å². The number of hydrogen-bond acceptors (Lipinski definition) is 8. The van der Waals surface area contributed by atoms with Crippen LogP contribution in [0.2, 0.25) is 0 Å². The molecule has 2 N–H and O–H groups in total. The molecule has 6 rings (SSSR count). The van der Waals surface area contributed by atoms with Crippen molar-refractivity contribution in [1.29, 1.82) is 0 Å². The fourth-order valence-corrected chi connectivity index (χ4v) is 7.58. The predicted molar refractivity (Wildman–Crippen MR) is 201 cm³/mol. The second-order valence-corrected chi connectivity index (χ2v) is 14.6. The van der Waals surface area contributed by atoms with Crippen LogP contribution in [0.25, 0.3) is 11.1 Å². The summed E-state index contributed by atoms with van der Waals surface area (Å²) in [5.74, 6) is 0.776. The molecule has 1 aliphatic heterocycles. The third-order valence-corrected chi connectivity index (χ3v) is 10.8. The van der Waals surface area contributed by atoms with Crippen molar-refractivity contribution >= 4 is 21.6 Å². The van der Waals surface area contributed by atoms with Gasteiger partial charge in [-0.3, -0.25) is 4.79 Å². The number of nitrogens with one attached hydrogen (secondary N) is 1. The lowest BCUT2D eigenvalue weighted by Crippen LogP contribution is -2.49. The minimum absolute atomic E-state index is 0.0279. The normalized spacial score (nSPS) is 16.8. The van der Waals surface area contributed by atoms with E-state index in [1.807, 2.05) is 78.9 Å². The Morgan fingerprint density at radius 1 is 0.827 bits per heavy atom. The van der Waals surface area contributed by atoms with Crippen LogP contribution in [0.3, 0.4) is 0 Å². The van der Waals surface area contributed by atoms with E-state index in [9.17, 15) is 13.2 Å². The molecule has 1 amide bonds. The Bertz CT molecular complexity index is 2070. The van der Waals surface area contributed by atoms with Crippen LogP contribution in [0.5, 0.6) is 11.5 Å². The van der Waals surface area contributed by atoms with E-state index in [2.05, 4.69) is 5.32 Å². The molecule has 1 heterocycles. The number of nitrogens with zero attached hydrogens (tertiary/aromatic N) is 1. The maximum atomic E-state index is 14.6. The molecule has 10 heteroatoms. The van der Waals surface area contributed by atoms with Gasteiger partial charge in [0.25, 0.3) is 5.91 Å². The number of aliphatic hydroxyl groups excluding tert-OH is 1. The van der Waals surface area contributed by atoms with Gasteiger partial charge in [-0.2, -0.15) is 0 Å².